The van der Waals surface area contributed by atoms with Gasteiger partial charge in [-0.1, -0.05) is 12.1 Å². The Balaban J connectivity index is 1.38. The van der Waals surface area contributed by atoms with Gasteiger partial charge in [0.2, 0.25) is 0 Å². The Labute approximate surface area is 199 Å². The number of anilines is 1. The average Bonchev–Trinajstić information content (AvgIpc) is 3.21. The van der Waals surface area contributed by atoms with Crippen molar-refractivity contribution in [3.8, 4) is 17.2 Å². The SMILES string of the molecule is COc1ccc(OCC(=O)NCc2ccc3c(c2)N(C(=O)c2ccc(OC)cc2)[C@@H](C)C3)cc1. The van der Waals surface area contributed by atoms with Gasteiger partial charge in [0.15, 0.2) is 6.61 Å². The summed E-state index contributed by atoms with van der Waals surface area (Å²) in [7, 11) is 3.19. The number of amides is 2. The molecule has 1 atom stereocenters. The number of nitrogens with zero attached hydrogens (tertiary/aromatic N) is 1. The van der Waals surface area contributed by atoms with Crippen molar-refractivity contribution in [2.24, 2.45) is 0 Å². The molecule has 3 aromatic rings. The van der Waals surface area contributed by atoms with Gasteiger partial charge in [-0.25, -0.2) is 0 Å². The van der Waals surface area contributed by atoms with Gasteiger partial charge in [0.1, 0.15) is 17.2 Å². The lowest BCUT2D eigenvalue weighted by Crippen LogP contribution is -2.35. The molecule has 1 heterocycles. The molecule has 0 saturated heterocycles. The van der Waals surface area contributed by atoms with Crippen LogP contribution in [0.2, 0.25) is 0 Å². The molecule has 4 rings (SSSR count). The first-order valence-electron chi connectivity index (χ1n) is 11.1. The zero-order chi connectivity index (χ0) is 24.1. The maximum atomic E-state index is 13.2. The van der Waals surface area contributed by atoms with E-state index in [2.05, 4.69) is 5.32 Å². The van der Waals surface area contributed by atoms with Crippen LogP contribution in [-0.4, -0.2) is 38.7 Å². The minimum Gasteiger partial charge on any atom is -0.497 e. The molecule has 0 spiro atoms. The fraction of sp³-hybridized carbons (Fsp3) is 0.259. The van der Waals surface area contributed by atoms with Crippen molar-refractivity contribution in [3.05, 3.63) is 83.4 Å². The van der Waals surface area contributed by atoms with Crippen LogP contribution >= 0.6 is 0 Å². The van der Waals surface area contributed by atoms with Crippen molar-refractivity contribution in [3.63, 3.8) is 0 Å². The molecule has 1 aliphatic heterocycles. The maximum absolute atomic E-state index is 13.2. The topological polar surface area (TPSA) is 77.1 Å². The highest BCUT2D eigenvalue weighted by Gasteiger charge is 2.31. The molecule has 7 nitrogen and oxygen atoms in total. The Kier molecular flexibility index (Phi) is 7.01. The third kappa shape index (κ3) is 5.14. The predicted molar refractivity (Wildman–Crippen MR) is 130 cm³/mol. The lowest BCUT2D eigenvalue weighted by molar-refractivity contribution is -0.123. The second-order valence-electron chi connectivity index (χ2n) is 8.16. The van der Waals surface area contributed by atoms with Gasteiger partial charge in [0.05, 0.1) is 14.2 Å². The van der Waals surface area contributed by atoms with E-state index in [1.54, 1.807) is 62.8 Å². The largest absolute Gasteiger partial charge is 0.497 e. The fourth-order valence-electron chi connectivity index (χ4n) is 4.02. The van der Waals surface area contributed by atoms with Gasteiger partial charge in [-0.15, -0.1) is 0 Å². The number of hydrogen-bond donors (Lipinski definition) is 1. The van der Waals surface area contributed by atoms with Crippen LogP contribution in [0.1, 0.15) is 28.4 Å². The Morgan fingerprint density at radius 1 is 0.912 bits per heavy atom. The Morgan fingerprint density at radius 2 is 1.53 bits per heavy atom. The van der Waals surface area contributed by atoms with Crippen LogP contribution in [0.25, 0.3) is 0 Å². The van der Waals surface area contributed by atoms with Crippen molar-refractivity contribution in [1.82, 2.24) is 5.32 Å². The van der Waals surface area contributed by atoms with Crippen molar-refractivity contribution < 1.29 is 23.8 Å². The average molecular weight is 461 g/mol. The molecule has 7 heteroatoms. The van der Waals surface area contributed by atoms with Crippen LogP contribution in [0.4, 0.5) is 5.69 Å². The summed E-state index contributed by atoms with van der Waals surface area (Å²) >= 11 is 0. The summed E-state index contributed by atoms with van der Waals surface area (Å²) in [6.45, 7) is 2.30. The van der Waals surface area contributed by atoms with E-state index >= 15 is 0 Å². The lowest BCUT2D eigenvalue weighted by Gasteiger charge is -2.23. The van der Waals surface area contributed by atoms with Crippen LogP contribution in [0.5, 0.6) is 17.2 Å². The smallest absolute Gasteiger partial charge is 0.258 e. The van der Waals surface area contributed by atoms with Gasteiger partial charge in [-0.2, -0.15) is 0 Å². The molecule has 176 valence electrons. The number of methoxy groups -OCH3 is 2. The molecule has 0 radical (unpaired) electrons. The second kappa shape index (κ2) is 10.3. The molecule has 0 aliphatic carbocycles. The van der Waals surface area contributed by atoms with E-state index in [0.29, 0.717) is 23.6 Å². The number of ether oxygens (including phenoxy) is 3. The van der Waals surface area contributed by atoms with Crippen LogP contribution in [0.3, 0.4) is 0 Å². The fourth-order valence-corrected chi connectivity index (χ4v) is 4.02. The third-order valence-corrected chi connectivity index (χ3v) is 5.84. The summed E-state index contributed by atoms with van der Waals surface area (Å²) in [5.41, 5.74) is 3.52. The molecular weight excluding hydrogens is 432 g/mol. The molecular formula is C27H28N2O5. The molecule has 3 aromatic carbocycles. The number of carbonyl (C=O) groups is 2. The van der Waals surface area contributed by atoms with Crippen molar-refractivity contribution in [2.75, 3.05) is 25.7 Å². The van der Waals surface area contributed by atoms with Crippen LogP contribution < -0.4 is 24.4 Å². The normalized spacial score (nSPS) is 14.3. The Hall–Kier alpha value is -4.00. The first-order chi connectivity index (χ1) is 16.5. The quantitative estimate of drug-likeness (QED) is 0.550. The maximum Gasteiger partial charge on any atom is 0.258 e. The molecule has 1 aliphatic rings. The summed E-state index contributed by atoms with van der Waals surface area (Å²) in [4.78, 5) is 27.3. The monoisotopic (exact) mass is 460 g/mol. The van der Waals surface area contributed by atoms with E-state index in [1.807, 2.05) is 30.0 Å². The van der Waals surface area contributed by atoms with Crippen molar-refractivity contribution in [1.29, 1.82) is 0 Å². The summed E-state index contributed by atoms with van der Waals surface area (Å²) in [6.07, 6.45) is 0.791. The first-order valence-corrected chi connectivity index (χ1v) is 11.1. The van der Waals surface area contributed by atoms with E-state index in [-0.39, 0.29) is 24.5 Å². The van der Waals surface area contributed by atoms with E-state index in [0.717, 1.165) is 29.0 Å². The molecule has 0 unspecified atom stereocenters. The van der Waals surface area contributed by atoms with Gasteiger partial charge in [-0.05, 0) is 79.1 Å². The minimum atomic E-state index is -0.226. The molecule has 1 N–H and O–H groups in total. The number of benzene rings is 3. The number of hydrogen-bond acceptors (Lipinski definition) is 5. The number of carbonyl (C=O) groups excluding carboxylic acids is 2. The summed E-state index contributed by atoms with van der Waals surface area (Å²) < 4.78 is 15.8. The van der Waals surface area contributed by atoms with Crippen LogP contribution in [0.15, 0.2) is 66.7 Å². The first kappa shape index (κ1) is 23.2. The zero-order valence-electron chi connectivity index (χ0n) is 19.5. The number of nitrogens with one attached hydrogen (secondary N) is 1. The molecule has 34 heavy (non-hydrogen) atoms. The summed E-state index contributed by atoms with van der Waals surface area (Å²) in [5.74, 6) is 1.75. The lowest BCUT2D eigenvalue weighted by atomic mass is 10.1. The highest BCUT2D eigenvalue weighted by atomic mass is 16.5. The van der Waals surface area contributed by atoms with E-state index in [4.69, 9.17) is 14.2 Å². The van der Waals surface area contributed by atoms with E-state index < -0.39 is 0 Å². The van der Waals surface area contributed by atoms with Gasteiger partial charge in [-0.3, -0.25) is 9.59 Å². The molecule has 2 amide bonds. The highest BCUT2D eigenvalue weighted by molar-refractivity contribution is 6.07. The van der Waals surface area contributed by atoms with E-state index in [9.17, 15) is 9.59 Å². The second-order valence-corrected chi connectivity index (χ2v) is 8.16. The standard InChI is InChI=1S/C27H28N2O5/c1-18-14-21-5-4-19(16-28-26(30)17-34-24-12-10-23(33-3)11-13-24)15-25(21)29(18)27(31)20-6-8-22(32-2)9-7-20/h4-13,15,18H,14,16-17H2,1-3H3,(H,28,30)/t18-/m0/s1. The predicted octanol–water partition coefficient (Wildman–Crippen LogP) is 3.99. The van der Waals surface area contributed by atoms with E-state index in [1.165, 1.54) is 0 Å². The third-order valence-electron chi connectivity index (χ3n) is 5.84. The van der Waals surface area contributed by atoms with Gasteiger partial charge in [0, 0.05) is 23.8 Å². The zero-order valence-corrected chi connectivity index (χ0v) is 19.5. The number of fused-ring (bicyclic) bond motifs is 1. The van der Waals surface area contributed by atoms with Crippen LogP contribution in [0, 0.1) is 0 Å². The molecule has 0 bridgehead atoms. The summed E-state index contributed by atoms with van der Waals surface area (Å²) in [5, 5.41) is 2.88. The molecule has 0 aromatic heterocycles. The van der Waals surface area contributed by atoms with Gasteiger partial charge < -0.3 is 24.4 Å². The molecule has 0 saturated carbocycles. The Morgan fingerprint density at radius 3 is 2.18 bits per heavy atom. The van der Waals surface area contributed by atoms with Crippen molar-refractivity contribution >= 4 is 17.5 Å². The van der Waals surface area contributed by atoms with Crippen LogP contribution in [-0.2, 0) is 17.8 Å². The number of rotatable bonds is 8. The van der Waals surface area contributed by atoms with Crippen molar-refractivity contribution in [2.45, 2.75) is 25.9 Å². The summed E-state index contributed by atoms with van der Waals surface area (Å²) in [6, 6.07) is 20.2. The molecule has 0 fully saturated rings. The highest BCUT2D eigenvalue weighted by Crippen LogP contribution is 2.34. The van der Waals surface area contributed by atoms with Gasteiger partial charge in [0.25, 0.3) is 11.8 Å². The Bertz CT molecular complexity index is 1160. The minimum absolute atomic E-state index is 0.0485. The van der Waals surface area contributed by atoms with Gasteiger partial charge >= 0.3 is 0 Å².